The third-order valence-electron chi connectivity index (χ3n) is 13.6. The summed E-state index contributed by atoms with van der Waals surface area (Å²) < 4.78 is 12.8. The molecule has 0 aliphatic carbocycles. The number of hydrogen-bond acceptors (Lipinski definition) is 6. The number of aliphatic hydroxyl groups is 1. The third-order valence-corrected chi connectivity index (χ3v) is 18.0. The molecule has 0 bridgehead atoms. The van der Waals surface area contributed by atoms with E-state index in [1.54, 1.807) is 12.0 Å². The van der Waals surface area contributed by atoms with Gasteiger partial charge in [0.2, 0.25) is 11.8 Å². The lowest BCUT2D eigenvalue weighted by atomic mass is 9.82. The summed E-state index contributed by atoms with van der Waals surface area (Å²) in [5.41, 5.74) is 6.07. The minimum absolute atomic E-state index is 0.0462. The van der Waals surface area contributed by atoms with E-state index in [1.807, 2.05) is 101 Å². The first kappa shape index (κ1) is 38.9. The Kier molecular flexibility index (Phi) is 10.1. The second-order valence-electron chi connectivity index (χ2n) is 17.1. The maximum atomic E-state index is 15.5. The van der Waals surface area contributed by atoms with Crippen molar-refractivity contribution in [3.63, 3.8) is 0 Å². The number of aryl methyl sites for hydroxylation is 1. The van der Waals surface area contributed by atoms with Crippen LogP contribution in [0.15, 0.2) is 121 Å². The first-order valence-corrected chi connectivity index (χ1v) is 23.8. The molecule has 0 radical (unpaired) electrons. The molecule has 3 amide bonds. The molecule has 10 heteroatoms. The van der Waals surface area contributed by atoms with Crippen LogP contribution in [0.3, 0.4) is 0 Å². The maximum Gasteiger partial charge on any atom is 0.264 e. The standard InChI is InChI=1S/C49H51N3O6Si/c1-32-47(59(3,4)40-23-21-39(57-2)22-24-40)44(28-46(55)50-30-36-15-6-5-14-35(36)27-38(50)31-53)58-49(32)41-17-8-10-19-43(41)51(48(49)56)29-33-12-11-16-37(26-33)52-42-18-9-7-13-34(42)20-25-45(52)54/h5-19,21-24,26,32,38,44,47,53H,20,25,27-31H2,1-4H3/t32-,38-,44+,47-,49+/m0/s1. The number of benzene rings is 5. The SMILES string of the molecule is COc1ccc([Si](C)(C)[C@@H]2[C@@H](CC(=O)N3Cc4ccccc4C[C@H]3CO)O[C@]3(C(=O)N(Cc4cccc(N5C(=O)CCc6ccccc65)c4)c4ccccc43)[C@H]2C)cc1. The molecule has 1 N–H and O–H groups in total. The fourth-order valence-electron chi connectivity index (χ4n) is 10.6. The van der Waals surface area contributed by atoms with Crippen LogP contribution in [-0.4, -0.2) is 61.7 Å². The Hall–Kier alpha value is -5.55. The van der Waals surface area contributed by atoms with Crippen molar-refractivity contribution < 1.29 is 29.0 Å². The highest BCUT2D eigenvalue weighted by molar-refractivity contribution is 6.91. The molecule has 0 unspecified atom stereocenters. The van der Waals surface area contributed by atoms with Crippen molar-refractivity contribution in [1.82, 2.24) is 4.90 Å². The van der Waals surface area contributed by atoms with Crippen LogP contribution in [0, 0.1) is 5.92 Å². The number of hydrogen-bond donors (Lipinski definition) is 1. The van der Waals surface area contributed by atoms with Gasteiger partial charge in [0.25, 0.3) is 5.91 Å². The van der Waals surface area contributed by atoms with E-state index in [4.69, 9.17) is 9.47 Å². The van der Waals surface area contributed by atoms with Crippen molar-refractivity contribution in [2.45, 2.75) is 82.1 Å². The van der Waals surface area contributed by atoms with Gasteiger partial charge in [0.15, 0.2) is 5.60 Å². The number of para-hydroxylation sites is 2. The Morgan fingerprint density at radius 2 is 1.54 bits per heavy atom. The van der Waals surface area contributed by atoms with Crippen LogP contribution in [0.1, 0.15) is 47.6 Å². The van der Waals surface area contributed by atoms with Crippen LogP contribution in [0.5, 0.6) is 5.75 Å². The first-order valence-electron chi connectivity index (χ1n) is 20.8. The van der Waals surface area contributed by atoms with Crippen LogP contribution in [0.25, 0.3) is 0 Å². The molecule has 1 spiro atoms. The molecule has 0 aromatic heterocycles. The third kappa shape index (κ3) is 6.49. The van der Waals surface area contributed by atoms with Gasteiger partial charge in [-0.15, -0.1) is 0 Å². The molecule has 5 aromatic carbocycles. The van der Waals surface area contributed by atoms with Crippen molar-refractivity contribution in [3.8, 4) is 5.75 Å². The number of amides is 3. The number of nitrogens with zero attached hydrogens (tertiary/aromatic N) is 3. The average Bonchev–Trinajstić information content (AvgIpc) is 3.68. The summed E-state index contributed by atoms with van der Waals surface area (Å²) in [7, 11) is -0.861. The number of carbonyl (C=O) groups is 3. The average molecular weight is 806 g/mol. The summed E-state index contributed by atoms with van der Waals surface area (Å²) in [5.74, 6) is 0.303. The molecule has 0 saturated carbocycles. The Balaban J connectivity index is 1.08. The lowest BCUT2D eigenvalue weighted by Crippen LogP contribution is -2.52. The van der Waals surface area contributed by atoms with Crippen LogP contribution < -0.4 is 19.7 Å². The number of aliphatic hydroxyl groups excluding tert-OH is 1. The predicted octanol–water partition coefficient (Wildman–Crippen LogP) is 7.40. The van der Waals surface area contributed by atoms with E-state index in [2.05, 4.69) is 50.3 Å². The number of anilines is 3. The zero-order valence-electron chi connectivity index (χ0n) is 34.1. The highest BCUT2D eigenvalue weighted by Crippen LogP contribution is 2.60. The molecule has 9 rings (SSSR count). The van der Waals surface area contributed by atoms with Crippen molar-refractivity contribution >= 4 is 48.0 Å². The van der Waals surface area contributed by atoms with E-state index in [0.717, 1.165) is 50.6 Å². The monoisotopic (exact) mass is 805 g/mol. The van der Waals surface area contributed by atoms with E-state index in [0.29, 0.717) is 25.8 Å². The Morgan fingerprint density at radius 1 is 0.847 bits per heavy atom. The number of fused-ring (bicyclic) bond motifs is 4. The molecule has 4 aliphatic rings. The predicted molar refractivity (Wildman–Crippen MR) is 232 cm³/mol. The molecule has 4 heterocycles. The lowest BCUT2D eigenvalue weighted by molar-refractivity contribution is -0.151. The minimum atomic E-state index is -2.52. The molecule has 302 valence electrons. The van der Waals surface area contributed by atoms with Crippen LogP contribution in [0.4, 0.5) is 17.1 Å². The fraction of sp³-hybridized carbons (Fsp3) is 0.327. The summed E-state index contributed by atoms with van der Waals surface area (Å²) in [4.78, 5) is 48.9. The van der Waals surface area contributed by atoms with Gasteiger partial charge in [-0.2, -0.15) is 0 Å². The molecule has 9 nitrogen and oxygen atoms in total. The van der Waals surface area contributed by atoms with E-state index in [-0.39, 0.29) is 54.8 Å². The van der Waals surface area contributed by atoms with Crippen LogP contribution in [0.2, 0.25) is 18.6 Å². The maximum absolute atomic E-state index is 15.5. The van der Waals surface area contributed by atoms with Crippen LogP contribution in [-0.2, 0) is 50.7 Å². The van der Waals surface area contributed by atoms with Crippen molar-refractivity contribution in [3.05, 3.63) is 149 Å². The minimum Gasteiger partial charge on any atom is -0.497 e. The summed E-state index contributed by atoms with van der Waals surface area (Å²) in [6, 6.07) is 39.8. The second kappa shape index (κ2) is 15.2. The Bertz CT molecular complexity index is 2430. The zero-order valence-corrected chi connectivity index (χ0v) is 35.1. The topological polar surface area (TPSA) is 99.6 Å². The van der Waals surface area contributed by atoms with Gasteiger partial charge in [-0.05, 0) is 77.0 Å². The van der Waals surface area contributed by atoms with Gasteiger partial charge in [-0.3, -0.25) is 19.3 Å². The zero-order chi connectivity index (χ0) is 41.1. The van der Waals surface area contributed by atoms with Crippen molar-refractivity contribution in [1.29, 1.82) is 0 Å². The number of ether oxygens (including phenoxy) is 2. The summed E-state index contributed by atoms with van der Waals surface area (Å²) in [6.07, 6.45) is 1.25. The van der Waals surface area contributed by atoms with Gasteiger partial charge in [0.1, 0.15) is 5.75 Å². The van der Waals surface area contributed by atoms with Gasteiger partial charge in [0, 0.05) is 30.1 Å². The molecule has 1 saturated heterocycles. The Morgan fingerprint density at radius 3 is 2.29 bits per heavy atom. The van der Waals surface area contributed by atoms with Crippen molar-refractivity contribution in [2.75, 3.05) is 23.5 Å². The van der Waals surface area contributed by atoms with Crippen molar-refractivity contribution in [2.24, 2.45) is 5.92 Å². The Labute approximate surface area is 347 Å². The highest BCUT2D eigenvalue weighted by atomic mass is 28.3. The molecule has 59 heavy (non-hydrogen) atoms. The molecule has 4 aliphatic heterocycles. The van der Waals surface area contributed by atoms with E-state index in [1.165, 1.54) is 5.19 Å². The normalized spacial score (nSPS) is 23.6. The van der Waals surface area contributed by atoms with Gasteiger partial charge >= 0.3 is 0 Å². The smallest absolute Gasteiger partial charge is 0.264 e. The summed E-state index contributed by atoms with van der Waals surface area (Å²) >= 11 is 0. The number of carbonyl (C=O) groups excluding carboxylic acids is 3. The molecule has 1 fully saturated rings. The number of methoxy groups -OCH3 is 1. The molecular formula is C49H51N3O6Si. The summed E-state index contributed by atoms with van der Waals surface area (Å²) in [5, 5.41) is 11.7. The van der Waals surface area contributed by atoms with Gasteiger partial charge in [-0.1, -0.05) is 110 Å². The lowest BCUT2D eigenvalue weighted by Gasteiger charge is -2.39. The van der Waals surface area contributed by atoms with E-state index < -0.39 is 19.8 Å². The fourth-order valence-corrected chi connectivity index (χ4v) is 14.7. The van der Waals surface area contributed by atoms with Crippen LogP contribution >= 0.6 is 0 Å². The molecular weight excluding hydrogens is 755 g/mol. The van der Waals surface area contributed by atoms with E-state index in [9.17, 15) is 14.7 Å². The molecule has 5 aromatic rings. The molecule has 5 atom stereocenters. The first-order chi connectivity index (χ1) is 28.5. The quantitative estimate of drug-likeness (QED) is 0.156. The van der Waals surface area contributed by atoms with E-state index >= 15 is 4.79 Å². The van der Waals surface area contributed by atoms with Gasteiger partial charge in [0.05, 0.1) is 58.3 Å². The second-order valence-corrected chi connectivity index (χ2v) is 21.8. The van der Waals surface area contributed by atoms with Gasteiger partial charge < -0.3 is 24.4 Å². The van der Waals surface area contributed by atoms with Gasteiger partial charge in [-0.25, -0.2) is 0 Å². The highest BCUT2D eigenvalue weighted by Gasteiger charge is 2.66. The number of rotatable bonds is 9. The summed E-state index contributed by atoms with van der Waals surface area (Å²) in [6.45, 7) is 7.34. The largest absolute Gasteiger partial charge is 0.497 e.